The topological polar surface area (TPSA) is 26.0 Å². The van der Waals surface area contributed by atoms with E-state index in [1.807, 2.05) is 6.07 Å². The minimum absolute atomic E-state index is 0. The number of rotatable bonds is 3. The van der Waals surface area contributed by atoms with Gasteiger partial charge in [0.15, 0.2) is 0 Å². The Morgan fingerprint density at radius 2 is 2.06 bits per heavy atom. The Hall–Kier alpha value is -0.790. The van der Waals surface area contributed by atoms with Crippen LogP contribution in [0.1, 0.15) is 32.3 Å². The summed E-state index contributed by atoms with van der Waals surface area (Å²) in [4.78, 5) is 0. The lowest BCUT2D eigenvalue weighted by Crippen LogP contribution is -2.23. The average molecular weight is 238 g/mol. The van der Waals surface area contributed by atoms with Crippen LogP contribution < -0.4 is 5.73 Å². The van der Waals surface area contributed by atoms with E-state index in [-0.39, 0.29) is 17.9 Å². The third kappa shape index (κ3) is 2.66. The second-order valence-electron chi connectivity index (χ2n) is 4.64. The van der Waals surface area contributed by atoms with Gasteiger partial charge in [-0.05, 0) is 31.2 Å². The standard InChI is InChI=1S/C14H19N.ClH/c1-3-14(15)10-13(14)11(2)9-12-7-5-4-6-8-12;/h4-9,13H,3,10,15H2,1-2H3;1H/b11-9+;. The van der Waals surface area contributed by atoms with Gasteiger partial charge >= 0.3 is 0 Å². The molecule has 0 amide bonds. The Kier molecular flexibility index (Phi) is 4.17. The van der Waals surface area contributed by atoms with Crippen LogP contribution in [0.5, 0.6) is 0 Å². The van der Waals surface area contributed by atoms with E-state index in [0.717, 1.165) is 12.8 Å². The van der Waals surface area contributed by atoms with Crippen molar-refractivity contribution in [3.63, 3.8) is 0 Å². The quantitative estimate of drug-likeness (QED) is 0.854. The van der Waals surface area contributed by atoms with E-state index < -0.39 is 0 Å². The number of nitrogens with two attached hydrogens (primary N) is 1. The highest BCUT2D eigenvalue weighted by Crippen LogP contribution is 2.48. The molecular formula is C14H20ClN. The Balaban J connectivity index is 0.00000128. The van der Waals surface area contributed by atoms with Crippen molar-refractivity contribution in [2.45, 2.75) is 32.2 Å². The van der Waals surface area contributed by atoms with Crippen molar-refractivity contribution in [3.8, 4) is 0 Å². The highest BCUT2D eigenvalue weighted by Gasteiger charge is 2.49. The number of hydrogen-bond donors (Lipinski definition) is 1. The fourth-order valence-corrected chi connectivity index (χ4v) is 2.24. The fraction of sp³-hybridized carbons (Fsp3) is 0.429. The first-order valence-corrected chi connectivity index (χ1v) is 5.68. The summed E-state index contributed by atoms with van der Waals surface area (Å²) >= 11 is 0. The predicted octanol–water partition coefficient (Wildman–Crippen LogP) is 3.64. The van der Waals surface area contributed by atoms with Gasteiger partial charge in [-0.3, -0.25) is 0 Å². The lowest BCUT2D eigenvalue weighted by Gasteiger charge is -2.07. The molecule has 1 aliphatic rings. The monoisotopic (exact) mass is 237 g/mol. The molecule has 1 aromatic rings. The molecule has 2 N–H and O–H groups in total. The fourth-order valence-electron chi connectivity index (χ4n) is 2.24. The van der Waals surface area contributed by atoms with Crippen LogP contribution in [0, 0.1) is 5.92 Å². The van der Waals surface area contributed by atoms with Crippen molar-refractivity contribution in [1.82, 2.24) is 0 Å². The molecule has 88 valence electrons. The van der Waals surface area contributed by atoms with E-state index in [2.05, 4.69) is 44.2 Å². The molecule has 2 heteroatoms. The molecule has 1 aromatic carbocycles. The van der Waals surface area contributed by atoms with Crippen LogP contribution in [0.2, 0.25) is 0 Å². The summed E-state index contributed by atoms with van der Waals surface area (Å²) < 4.78 is 0. The summed E-state index contributed by atoms with van der Waals surface area (Å²) in [6.45, 7) is 4.37. The molecule has 2 unspecified atom stereocenters. The lowest BCUT2D eigenvalue weighted by molar-refractivity contribution is 0.608. The number of hydrogen-bond acceptors (Lipinski definition) is 1. The van der Waals surface area contributed by atoms with Gasteiger partial charge in [-0.15, -0.1) is 12.4 Å². The molecule has 1 saturated carbocycles. The largest absolute Gasteiger partial charge is 0.325 e. The smallest absolute Gasteiger partial charge is 0.0224 e. The summed E-state index contributed by atoms with van der Waals surface area (Å²) in [7, 11) is 0. The average Bonchev–Trinajstić information content (AvgIpc) is 2.93. The summed E-state index contributed by atoms with van der Waals surface area (Å²) in [5.41, 5.74) is 9.00. The Morgan fingerprint density at radius 1 is 1.44 bits per heavy atom. The zero-order valence-corrected chi connectivity index (χ0v) is 10.8. The van der Waals surface area contributed by atoms with Gasteiger partial charge in [0.25, 0.3) is 0 Å². The summed E-state index contributed by atoms with van der Waals surface area (Å²) in [5.74, 6) is 0.600. The van der Waals surface area contributed by atoms with Gasteiger partial charge in [0, 0.05) is 5.54 Å². The van der Waals surface area contributed by atoms with E-state index in [9.17, 15) is 0 Å². The molecule has 2 atom stereocenters. The van der Waals surface area contributed by atoms with Gasteiger partial charge in [0.1, 0.15) is 0 Å². The third-order valence-corrected chi connectivity index (χ3v) is 3.52. The minimum Gasteiger partial charge on any atom is -0.325 e. The SMILES string of the molecule is CCC1(N)CC1/C(C)=C/c1ccccc1.Cl. The Labute approximate surface area is 104 Å². The van der Waals surface area contributed by atoms with Crippen molar-refractivity contribution in [1.29, 1.82) is 0 Å². The van der Waals surface area contributed by atoms with Crippen LogP contribution in [0.4, 0.5) is 0 Å². The van der Waals surface area contributed by atoms with Gasteiger partial charge in [-0.1, -0.05) is 48.9 Å². The molecular weight excluding hydrogens is 218 g/mol. The number of halogens is 1. The van der Waals surface area contributed by atoms with E-state index in [1.54, 1.807) is 0 Å². The third-order valence-electron chi connectivity index (χ3n) is 3.52. The molecule has 1 nitrogen and oxygen atoms in total. The zero-order chi connectivity index (χ0) is 10.9. The van der Waals surface area contributed by atoms with Crippen LogP contribution in [0.25, 0.3) is 6.08 Å². The maximum Gasteiger partial charge on any atom is 0.0224 e. The van der Waals surface area contributed by atoms with E-state index >= 15 is 0 Å². The Morgan fingerprint density at radius 3 is 2.56 bits per heavy atom. The summed E-state index contributed by atoms with van der Waals surface area (Å²) in [5, 5.41) is 0. The maximum atomic E-state index is 6.20. The first-order chi connectivity index (χ1) is 7.15. The highest BCUT2D eigenvalue weighted by molar-refractivity contribution is 5.85. The van der Waals surface area contributed by atoms with Gasteiger partial charge in [0.05, 0.1) is 0 Å². The van der Waals surface area contributed by atoms with E-state index in [4.69, 9.17) is 5.73 Å². The normalized spacial score (nSPS) is 28.4. The van der Waals surface area contributed by atoms with Gasteiger partial charge in [-0.2, -0.15) is 0 Å². The van der Waals surface area contributed by atoms with Crippen LogP contribution >= 0.6 is 12.4 Å². The molecule has 1 fully saturated rings. The van der Waals surface area contributed by atoms with Crippen LogP contribution in [-0.4, -0.2) is 5.54 Å². The van der Waals surface area contributed by atoms with Crippen molar-refractivity contribution in [2.24, 2.45) is 11.7 Å². The molecule has 0 spiro atoms. The van der Waals surface area contributed by atoms with Crippen molar-refractivity contribution < 1.29 is 0 Å². The van der Waals surface area contributed by atoms with E-state index in [0.29, 0.717) is 5.92 Å². The molecule has 0 radical (unpaired) electrons. The first kappa shape index (κ1) is 13.3. The van der Waals surface area contributed by atoms with Crippen molar-refractivity contribution >= 4 is 18.5 Å². The second kappa shape index (κ2) is 5.03. The van der Waals surface area contributed by atoms with E-state index in [1.165, 1.54) is 11.1 Å². The maximum absolute atomic E-state index is 6.20. The highest BCUT2D eigenvalue weighted by atomic mass is 35.5. The molecule has 2 rings (SSSR count). The molecule has 1 aliphatic carbocycles. The van der Waals surface area contributed by atoms with Crippen LogP contribution in [0.15, 0.2) is 35.9 Å². The lowest BCUT2D eigenvalue weighted by atomic mass is 10.0. The second-order valence-corrected chi connectivity index (χ2v) is 4.64. The van der Waals surface area contributed by atoms with Crippen molar-refractivity contribution in [3.05, 3.63) is 41.5 Å². The molecule has 0 bridgehead atoms. The summed E-state index contributed by atoms with van der Waals surface area (Å²) in [6.07, 6.45) is 4.49. The van der Waals surface area contributed by atoms with Crippen molar-refractivity contribution in [2.75, 3.05) is 0 Å². The van der Waals surface area contributed by atoms with Gasteiger partial charge < -0.3 is 5.73 Å². The predicted molar refractivity (Wildman–Crippen MR) is 72.7 cm³/mol. The first-order valence-electron chi connectivity index (χ1n) is 5.68. The zero-order valence-electron chi connectivity index (χ0n) is 9.94. The summed E-state index contributed by atoms with van der Waals surface area (Å²) in [6, 6.07) is 10.5. The molecule has 0 heterocycles. The number of benzene rings is 1. The molecule has 0 saturated heterocycles. The van der Waals surface area contributed by atoms with Crippen LogP contribution in [0.3, 0.4) is 0 Å². The molecule has 0 aromatic heterocycles. The van der Waals surface area contributed by atoms with Gasteiger partial charge in [0.2, 0.25) is 0 Å². The Bertz CT molecular complexity index is 372. The molecule has 16 heavy (non-hydrogen) atoms. The van der Waals surface area contributed by atoms with Gasteiger partial charge in [-0.25, -0.2) is 0 Å². The molecule has 0 aliphatic heterocycles. The minimum atomic E-state index is 0. The van der Waals surface area contributed by atoms with Crippen LogP contribution in [-0.2, 0) is 0 Å².